The maximum atomic E-state index is 13.5. The molecule has 3 aromatic rings. The SMILES string of the molecule is CS(=O)(=O)c1ccc2nc(N(CCN3CCOCC3)C(=O)c3ccccc3Br)sc2c1. The minimum Gasteiger partial charge on any atom is -0.379 e. The number of thiazole rings is 1. The first-order valence-corrected chi connectivity index (χ1v) is 13.3. The number of nitrogens with zero attached hydrogens (tertiary/aromatic N) is 3. The number of hydrogen-bond acceptors (Lipinski definition) is 7. The maximum Gasteiger partial charge on any atom is 0.261 e. The van der Waals surface area contributed by atoms with Crippen molar-refractivity contribution in [2.75, 3.05) is 50.5 Å². The number of amides is 1. The Balaban J connectivity index is 1.68. The van der Waals surface area contributed by atoms with Gasteiger partial charge in [-0.25, -0.2) is 13.4 Å². The summed E-state index contributed by atoms with van der Waals surface area (Å²) in [5, 5.41) is 0.551. The van der Waals surface area contributed by atoms with E-state index in [-0.39, 0.29) is 10.8 Å². The van der Waals surface area contributed by atoms with Gasteiger partial charge in [0.1, 0.15) is 0 Å². The first-order chi connectivity index (χ1) is 14.8. The third kappa shape index (κ3) is 5.15. The maximum absolute atomic E-state index is 13.5. The second kappa shape index (κ2) is 9.33. The molecule has 1 amide bonds. The van der Waals surface area contributed by atoms with Crippen LogP contribution in [0.25, 0.3) is 10.2 Å². The number of aromatic nitrogens is 1. The Morgan fingerprint density at radius 3 is 2.68 bits per heavy atom. The molecule has 0 aliphatic carbocycles. The Kier molecular flexibility index (Phi) is 6.73. The molecule has 7 nitrogen and oxygen atoms in total. The molecule has 0 saturated carbocycles. The van der Waals surface area contributed by atoms with Crippen LogP contribution >= 0.6 is 27.3 Å². The molecule has 0 N–H and O–H groups in total. The monoisotopic (exact) mass is 523 g/mol. The smallest absolute Gasteiger partial charge is 0.261 e. The summed E-state index contributed by atoms with van der Waals surface area (Å²) < 4.78 is 30.7. The second-order valence-electron chi connectivity index (χ2n) is 7.29. The van der Waals surface area contributed by atoms with E-state index in [1.165, 1.54) is 17.6 Å². The molecule has 1 fully saturated rings. The van der Waals surface area contributed by atoms with Gasteiger partial charge in [-0.3, -0.25) is 14.6 Å². The van der Waals surface area contributed by atoms with E-state index >= 15 is 0 Å². The highest BCUT2D eigenvalue weighted by Gasteiger charge is 2.24. The van der Waals surface area contributed by atoms with Crippen LogP contribution in [0.2, 0.25) is 0 Å². The minimum atomic E-state index is -3.32. The highest BCUT2D eigenvalue weighted by molar-refractivity contribution is 9.10. The molecular weight excluding hydrogens is 502 g/mol. The van der Waals surface area contributed by atoms with Crippen LogP contribution in [0, 0.1) is 0 Å². The van der Waals surface area contributed by atoms with E-state index in [4.69, 9.17) is 4.74 Å². The summed E-state index contributed by atoms with van der Waals surface area (Å²) in [5.41, 5.74) is 1.23. The number of hydrogen-bond donors (Lipinski definition) is 0. The molecule has 31 heavy (non-hydrogen) atoms. The number of ether oxygens (including phenoxy) is 1. The molecule has 0 radical (unpaired) electrons. The normalized spacial score (nSPS) is 15.3. The fraction of sp³-hybridized carbons (Fsp3) is 0.333. The van der Waals surface area contributed by atoms with Gasteiger partial charge in [-0.15, -0.1) is 0 Å². The average Bonchev–Trinajstić information content (AvgIpc) is 3.17. The van der Waals surface area contributed by atoms with Crippen molar-refractivity contribution in [3.8, 4) is 0 Å². The Labute approximate surface area is 193 Å². The molecule has 0 spiro atoms. The number of benzene rings is 2. The molecule has 1 aliphatic heterocycles. The van der Waals surface area contributed by atoms with Crippen LogP contribution in [0.4, 0.5) is 5.13 Å². The van der Waals surface area contributed by atoms with E-state index in [2.05, 4.69) is 25.8 Å². The van der Waals surface area contributed by atoms with Crippen LogP contribution in [0.5, 0.6) is 0 Å². The lowest BCUT2D eigenvalue weighted by Gasteiger charge is -2.29. The molecule has 2 aromatic carbocycles. The van der Waals surface area contributed by atoms with Crippen LogP contribution in [0.1, 0.15) is 10.4 Å². The van der Waals surface area contributed by atoms with Gasteiger partial charge in [0, 0.05) is 36.9 Å². The van der Waals surface area contributed by atoms with Crippen molar-refractivity contribution < 1.29 is 17.9 Å². The van der Waals surface area contributed by atoms with Crippen molar-refractivity contribution in [3.63, 3.8) is 0 Å². The molecule has 0 unspecified atom stereocenters. The molecule has 1 saturated heterocycles. The van der Waals surface area contributed by atoms with Crippen LogP contribution < -0.4 is 4.90 Å². The summed E-state index contributed by atoms with van der Waals surface area (Å²) in [6.45, 7) is 4.20. The van der Waals surface area contributed by atoms with Gasteiger partial charge in [-0.1, -0.05) is 23.5 Å². The zero-order valence-electron chi connectivity index (χ0n) is 17.0. The third-order valence-corrected chi connectivity index (χ3v) is 7.94. The van der Waals surface area contributed by atoms with Gasteiger partial charge < -0.3 is 4.74 Å². The number of rotatable bonds is 6. The zero-order valence-corrected chi connectivity index (χ0v) is 20.2. The summed E-state index contributed by atoms with van der Waals surface area (Å²) >= 11 is 4.80. The standard InChI is InChI=1S/C21H22BrN3O4S2/c1-31(27,28)15-6-7-18-19(14-15)30-21(23-18)25(9-8-24-10-12-29-13-11-24)20(26)16-4-2-3-5-17(16)22/h2-7,14H,8-13H2,1H3. The average molecular weight is 524 g/mol. The predicted molar refractivity (Wildman–Crippen MR) is 126 cm³/mol. The van der Waals surface area contributed by atoms with Crippen LogP contribution in [-0.4, -0.2) is 69.9 Å². The van der Waals surface area contributed by atoms with Crippen molar-refractivity contribution in [2.24, 2.45) is 0 Å². The molecule has 1 aliphatic rings. The summed E-state index contributed by atoms with van der Waals surface area (Å²) in [5.74, 6) is -0.150. The fourth-order valence-corrected chi connectivity index (χ4v) is 5.57. The van der Waals surface area contributed by atoms with E-state index in [9.17, 15) is 13.2 Å². The number of morpholine rings is 1. The lowest BCUT2D eigenvalue weighted by atomic mass is 10.2. The molecule has 2 heterocycles. The number of halogens is 1. The summed E-state index contributed by atoms with van der Waals surface area (Å²) in [6, 6.07) is 12.2. The first-order valence-electron chi connectivity index (χ1n) is 9.80. The third-order valence-electron chi connectivity index (χ3n) is 5.10. The van der Waals surface area contributed by atoms with Gasteiger partial charge in [0.15, 0.2) is 15.0 Å². The Morgan fingerprint density at radius 2 is 1.97 bits per heavy atom. The topological polar surface area (TPSA) is 79.8 Å². The highest BCUT2D eigenvalue weighted by atomic mass is 79.9. The van der Waals surface area contributed by atoms with Gasteiger partial charge in [0.25, 0.3) is 5.91 Å². The first kappa shape index (κ1) is 22.3. The van der Waals surface area contributed by atoms with Crippen molar-refractivity contribution in [1.29, 1.82) is 0 Å². The number of carbonyl (C=O) groups is 1. The predicted octanol–water partition coefficient (Wildman–Crippen LogP) is 3.44. The van der Waals surface area contributed by atoms with Crippen molar-refractivity contribution in [2.45, 2.75) is 4.90 Å². The number of anilines is 1. The van der Waals surface area contributed by atoms with Crippen LogP contribution in [-0.2, 0) is 14.6 Å². The summed E-state index contributed by atoms with van der Waals surface area (Å²) in [4.78, 5) is 22.3. The van der Waals surface area contributed by atoms with Crippen LogP contribution in [0.15, 0.2) is 51.8 Å². The minimum absolute atomic E-state index is 0.150. The number of sulfone groups is 1. The van der Waals surface area contributed by atoms with Gasteiger partial charge >= 0.3 is 0 Å². The van der Waals surface area contributed by atoms with E-state index < -0.39 is 9.84 Å². The van der Waals surface area contributed by atoms with Gasteiger partial charge in [0.2, 0.25) is 0 Å². The fourth-order valence-electron chi connectivity index (χ4n) is 3.37. The van der Waals surface area contributed by atoms with Crippen molar-refractivity contribution >= 4 is 58.4 Å². The highest BCUT2D eigenvalue weighted by Crippen LogP contribution is 2.32. The van der Waals surface area contributed by atoms with E-state index in [0.717, 1.165) is 22.3 Å². The van der Waals surface area contributed by atoms with Crippen LogP contribution in [0.3, 0.4) is 0 Å². The number of fused-ring (bicyclic) bond motifs is 1. The second-order valence-corrected chi connectivity index (χ2v) is 11.2. The Hall–Kier alpha value is -1.85. The summed E-state index contributed by atoms with van der Waals surface area (Å²) in [7, 11) is -3.32. The van der Waals surface area contributed by atoms with E-state index in [0.29, 0.717) is 42.5 Å². The molecule has 164 valence electrons. The lowest BCUT2D eigenvalue weighted by molar-refractivity contribution is 0.0391. The summed E-state index contributed by atoms with van der Waals surface area (Å²) in [6.07, 6.45) is 1.18. The number of carbonyl (C=O) groups excluding carboxylic acids is 1. The molecule has 0 atom stereocenters. The van der Waals surface area contributed by atoms with Gasteiger partial charge in [-0.05, 0) is 46.3 Å². The Bertz CT molecular complexity index is 1210. The van der Waals surface area contributed by atoms with Crippen molar-refractivity contribution in [3.05, 3.63) is 52.5 Å². The van der Waals surface area contributed by atoms with E-state index in [1.807, 2.05) is 18.2 Å². The molecule has 1 aromatic heterocycles. The largest absolute Gasteiger partial charge is 0.379 e. The molecule has 0 bridgehead atoms. The quantitative estimate of drug-likeness (QED) is 0.492. The van der Waals surface area contributed by atoms with Gasteiger partial charge in [-0.2, -0.15) is 0 Å². The molecule has 4 rings (SSSR count). The zero-order chi connectivity index (χ0) is 22.0. The molecular formula is C21H22BrN3O4S2. The Morgan fingerprint density at radius 1 is 1.23 bits per heavy atom. The van der Waals surface area contributed by atoms with Crippen molar-refractivity contribution in [1.82, 2.24) is 9.88 Å². The van der Waals surface area contributed by atoms with E-state index in [1.54, 1.807) is 29.2 Å². The van der Waals surface area contributed by atoms with Gasteiger partial charge in [0.05, 0.1) is 33.9 Å². The molecule has 10 heteroatoms. The lowest BCUT2D eigenvalue weighted by Crippen LogP contribution is -2.43.